The fraction of sp³-hybridized carbons (Fsp3) is 0.444. The number of ether oxygens (including phenoxy) is 1. The molecule has 2 amide bonds. The zero-order valence-electron chi connectivity index (χ0n) is 19.4. The van der Waals surface area contributed by atoms with Gasteiger partial charge >= 0.3 is 0 Å². The van der Waals surface area contributed by atoms with Gasteiger partial charge in [0.25, 0.3) is 0 Å². The third kappa shape index (κ3) is 6.87. The molecule has 4 rings (SSSR count). The summed E-state index contributed by atoms with van der Waals surface area (Å²) in [5.41, 5.74) is 2.16. The molecule has 0 aliphatic carbocycles. The van der Waals surface area contributed by atoms with Crippen LogP contribution in [0.1, 0.15) is 43.2 Å². The number of nitrogens with zero attached hydrogens (tertiary/aromatic N) is 1. The Bertz CT molecular complexity index is 964. The van der Waals surface area contributed by atoms with Gasteiger partial charge in [0.2, 0.25) is 11.8 Å². The molecule has 0 radical (unpaired) electrons. The van der Waals surface area contributed by atoms with Crippen molar-refractivity contribution < 1.29 is 14.3 Å². The topological polar surface area (TPSA) is 70.7 Å². The smallest absolute Gasteiger partial charge is 0.243 e. The molecule has 0 aromatic heterocycles. The van der Waals surface area contributed by atoms with E-state index in [-0.39, 0.29) is 24.0 Å². The molecule has 6 nitrogen and oxygen atoms in total. The molecule has 2 aromatic carbocycles. The summed E-state index contributed by atoms with van der Waals surface area (Å²) >= 11 is 5.61. The fourth-order valence-corrected chi connectivity index (χ4v) is 4.97. The summed E-state index contributed by atoms with van der Waals surface area (Å²) in [4.78, 5) is 28.3. The first-order valence-electron chi connectivity index (χ1n) is 12.1. The molecule has 3 unspecified atom stereocenters. The van der Waals surface area contributed by atoms with E-state index >= 15 is 0 Å². The minimum absolute atomic E-state index is 0.0253. The zero-order valence-corrected chi connectivity index (χ0v) is 20.3. The van der Waals surface area contributed by atoms with Crippen molar-refractivity contribution in [3.63, 3.8) is 0 Å². The van der Waals surface area contributed by atoms with Crippen molar-refractivity contribution in [2.75, 3.05) is 13.2 Å². The Morgan fingerprint density at radius 2 is 1.76 bits per heavy atom. The molecule has 0 bridgehead atoms. The Balaban J connectivity index is 1.39. The van der Waals surface area contributed by atoms with Crippen LogP contribution in [0.4, 0.5) is 0 Å². The Labute approximate surface area is 207 Å². The van der Waals surface area contributed by atoms with E-state index in [0.29, 0.717) is 38.8 Å². The highest BCUT2D eigenvalue weighted by Crippen LogP contribution is 2.22. The molecule has 0 spiro atoms. The number of thiocarbonyl (C=S) groups is 1. The molecule has 2 N–H and O–H groups in total. The minimum Gasteiger partial charge on any atom is -0.377 e. The van der Waals surface area contributed by atoms with Crippen LogP contribution >= 0.6 is 12.2 Å². The van der Waals surface area contributed by atoms with Crippen LogP contribution in [-0.2, 0) is 27.3 Å². The highest BCUT2D eigenvalue weighted by atomic mass is 32.1. The number of hydrogen-bond acceptors (Lipinski definition) is 4. The average Bonchev–Trinajstić information content (AvgIpc) is 3.49. The molecule has 2 aromatic rings. The second-order valence-corrected chi connectivity index (χ2v) is 9.59. The molecule has 2 heterocycles. The number of rotatable bonds is 10. The van der Waals surface area contributed by atoms with Crippen LogP contribution in [0.5, 0.6) is 0 Å². The number of likely N-dealkylation sites (tertiary alicyclic amines) is 1. The van der Waals surface area contributed by atoms with Gasteiger partial charge in [-0.3, -0.25) is 9.59 Å². The summed E-state index contributed by atoms with van der Waals surface area (Å²) in [5, 5.41) is 6.53. The summed E-state index contributed by atoms with van der Waals surface area (Å²) in [7, 11) is 0. The van der Waals surface area contributed by atoms with Gasteiger partial charge in [0, 0.05) is 38.6 Å². The standard InChI is InChI=1S/C27H33N3O3S/c31-26-14-13-24(30(26)19-21-10-5-2-6-11-21)27(32)29-22(16-20-8-3-1-4-9-20)17-25(34)28-18-23-12-7-15-33-23/h1-6,8-11,22-24H,7,12-19H2,(H,28,34)(H,29,32). The number of nitrogens with one attached hydrogen (secondary N) is 2. The van der Waals surface area contributed by atoms with Crippen molar-refractivity contribution in [1.29, 1.82) is 0 Å². The second-order valence-electron chi connectivity index (χ2n) is 9.10. The van der Waals surface area contributed by atoms with Gasteiger partial charge in [-0.2, -0.15) is 0 Å². The lowest BCUT2D eigenvalue weighted by Gasteiger charge is -2.27. The van der Waals surface area contributed by atoms with Gasteiger partial charge in [-0.25, -0.2) is 0 Å². The molecule has 34 heavy (non-hydrogen) atoms. The lowest BCUT2D eigenvalue weighted by atomic mass is 10.0. The molecule has 2 saturated heterocycles. The molecule has 180 valence electrons. The lowest BCUT2D eigenvalue weighted by molar-refractivity contribution is -0.136. The quantitative estimate of drug-likeness (QED) is 0.511. The first-order valence-corrected chi connectivity index (χ1v) is 12.6. The van der Waals surface area contributed by atoms with Crippen LogP contribution in [0.3, 0.4) is 0 Å². The zero-order chi connectivity index (χ0) is 23.8. The maximum Gasteiger partial charge on any atom is 0.243 e. The van der Waals surface area contributed by atoms with Crippen molar-refractivity contribution in [3.05, 3.63) is 71.8 Å². The molecular weight excluding hydrogens is 446 g/mol. The Hall–Kier alpha value is -2.77. The Kier molecular flexibility index (Phi) is 8.66. The van der Waals surface area contributed by atoms with Gasteiger partial charge in [0.1, 0.15) is 6.04 Å². The van der Waals surface area contributed by atoms with Crippen LogP contribution in [0.15, 0.2) is 60.7 Å². The monoisotopic (exact) mass is 479 g/mol. The Morgan fingerprint density at radius 3 is 2.44 bits per heavy atom. The molecule has 3 atom stereocenters. The average molecular weight is 480 g/mol. The first kappa shape index (κ1) is 24.4. The summed E-state index contributed by atoms with van der Waals surface area (Å²) in [6.07, 6.45) is 4.50. The predicted molar refractivity (Wildman–Crippen MR) is 136 cm³/mol. The number of hydrogen-bond donors (Lipinski definition) is 2. The largest absolute Gasteiger partial charge is 0.377 e. The van der Waals surface area contributed by atoms with Gasteiger partial charge < -0.3 is 20.3 Å². The van der Waals surface area contributed by atoms with Gasteiger partial charge in [0.05, 0.1) is 11.1 Å². The van der Waals surface area contributed by atoms with Crippen molar-refractivity contribution in [2.24, 2.45) is 0 Å². The third-order valence-electron chi connectivity index (χ3n) is 6.48. The van der Waals surface area contributed by atoms with E-state index in [0.717, 1.165) is 35.6 Å². The van der Waals surface area contributed by atoms with Crippen molar-refractivity contribution in [2.45, 2.75) is 63.3 Å². The molecule has 0 saturated carbocycles. The predicted octanol–water partition coefficient (Wildman–Crippen LogP) is 3.39. The maximum atomic E-state index is 13.4. The normalized spacial score (nSPS) is 20.8. The first-order chi connectivity index (χ1) is 16.6. The van der Waals surface area contributed by atoms with Gasteiger partial charge in [-0.15, -0.1) is 0 Å². The second kappa shape index (κ2) is 12.1. The number of carbonyl (C=O) groups excluding carboxylic acids is 2. The highest BCUT2D eigenvalue weighted by Gasteiger charge is 2.36. The molecule has 2 aliphatic rings. The van der Waals surface area contributed by atoms with E-state index in [1.165, 1.54) is 0 Å². The SMILES string of the molecule is O=C(NC(CC(=S)NCC1CCCO1)Cc1ccccc1)C1CCC(=O)N1Cc1ccccc1. The van der Waals surface area contributed by atoms with Crippen molar-refractivity contribution in [3.8, 4) is 0 Å². The van der Waals surface area contributed by atoms with Crippen molar-refractivity contribution >= 4 is 29.0 Å². The van der Waals surface area contributed by atoms with Gasteiger partial charge in [-0.05, 0) is 36.8 Å². The Morgan fingerprint density at radius 1 is 1.06 bits per heavy atom. The van der Waals surface area contributed by atoms with Gasteiger partial charge in [0.15, 0.2) is 0 Å². The van der Waals surface area contributed by atoms with Crippen LogP contribution < -0.4 is 10.6 Å². The third-order valence-corrected chi connectivity index (χ3v) is 6.79. The minimum atomic E-state index is -0.459. The van der Waals surface area contributed by atoms with Crippen molar-refractivity contribution in [1.82, 2.24) is 15.5 Å². The lowest BCUT2D eigenvalue weighted by Crippen LogP contribution is -2.49. The summed E-state index contributed by atoms with van der Waals surface area (Å²) in [6, 6.07) is 19.3. The summed E-state index contributed by atoms with van der Waals surface area (Å²) < 4.78 is 5.68. The summed E-state index contributed by atoms with van der Waals surface area (Å²) in [6.45, 7) is 1.96. The molecule has 2 aliphatic heterocycles. The number of amides is 2. The molecular formula is C27H33N3O3S. The van der Waals surface area contributed by atoms with Crippen LogP contribution in [-0.4, -0.2) is 53.0 Å². The van der Waals surface area contributed by atoms with E-state index in [9.17, 15) is 9.59 Å². The number of carbonyl (C=O) groups is 2. The highest BCUT2D eigenvalue weighted by molar-refractivity contribution is 7.80. The van der Waals surface area contributed by atoms with E-state index in [4.69, 9.17) is 17.0 Å². The van der Waals surface area contributed by atoms with Crippen LogP contribution in [0.2, 0.25) is 0 Å². The van der Waals surface area contributed by atoms with E-state index < -0.39 is 6.04 Å². The van der Waals surface area contributed by atoms with Gasteiger partial charge in [-0.1, -0.05) is 72.9 Å². The summed E-state index contributed by atoms with van der Waals surface area (Å²) in [5.74, 6) is -0.0815. The maximum absolute atomic E-state index is 13.4. The molecule has 2 fully saturated rings. The van der Waals surface area contributed by atoms with Crippen LogP contribution in [0, 0.1) is 0 Å². The van der Waals surface area contributed by atoms with Crippen LogP contribution in [0.25, 0.3) is 0 Å². The van der Waals surface area contributed by atoms with E-state index in [1.54, 1.807) is 4.90 Å². The fourth-order valence-electron chi connectivity index (χ4n) is 4.68. The number of benzene rings is 2. The molecule has 7 heteroatoms. The van der Waals surface area contributed by atoms with E-state index in [2.05, 4.69) is 22.8 Å². The van der Waals surface area contributed by atoms with E-state index in [1.807, 2.05) is 48.5 Å².